The number of halogens is 2. The van der Waals surface area contributed by atoms with Crippen molar-refractivity contribution in [2.75, 3.05) is 6.54 Å². The number of benzene rings is 2. The summed E-state index contributed by atoms with van der Waals surface area (Å²) in [5.41, 5.74) is 1.54. The van der Waals surface area contributed by atoms with Gasteiger partial charge < -0.3 is 9.88 Å². The minimum Gasteiger partial charge on any atom is -0.334 e. The van der Waals surface area contributed by atoms with Crippen molar-refractivity contribution in [1.82, 2.24) is 14.9 Å². The Morgan fingerprint density at radius 2 is 2.00 bits per heavy atom. The van der Waals surface area contributed by atoms with Gasteiger partial charge in [-0.15, -0.1) is 0 Å². The second-order valence-electron chi connectivity index (χ2n) is 6.70. The number of carbonyl (C=O) groups is 1. The molecule has 0 saturated carbocycles. The Balaban J connectivity index is 1.64. The van der Waals surface area contributed by atoms with Gasteiger partial charge in [0.25, 0.3) is 11.5 Å². The minimum atomic E-state index is -0.483. The van der Waals surface area contributed by atoms with Crippen LogP contribution in [0.3, 0.4) is 0 Å². The highest BCUT2D eigenvalue weighted by molar-refractivity contribution is 6.31. The number of aromatic amines is 1. The zero-order chi connectivity index (χ0) is 19.0. The predicted molar refractivity (Wildman–Crippen MR) is 107 cm³/mol. The van der Waals surface area contributed by atoms with Gasteiger partial charge in [-0.3, -0.25) is 9.59 Å². The van der Waals surface area contributed by atoms with Gasteiger partial charge >= 0.3 is 0 Å². The molecule has 2 aromatic carbocycles. The number of hydrogen-bond donors (Lipinski definition) is 1. The fourth-order valence-corrected chi connectivity index (χ4v) is 3.97. The Morgan fingerprint density at radius 1 is 1.19 bits per heavy atom. The van der Waals surface area contributed by atoms with Crippen LogP contribution in [0.25, 0.3) is 11.0 Å². The highest BCUT2D eigenvalue weighted by Gasteiger charge is 2.31. The van der Waals surface area contributed by atoms with E-state index in [0.29, 0.717) is 34.0 Å². The van der Waals surface area contributed by atoms with Crippen LogP contribution in [0.5, 0.6) is 0 Å². The average molecular weight is 402 g/mol. The summed E-state index contributed by atoms with van der Waals surface area (Å²) in [6.45, 7) is 0.610. The lowest BCUT2D eigenvalue weighted by Gasteiger charge is -2.24. The van der Waals surface area contributed by atoms with Gasteiger partial charge in [-0.25, -0.2) is 4.98 Å². The van der Waals surface area contributed by atoms with Crippen LogP contribution in [0.15, 0.2) is 47.3 Å². The third-order valence-corrected chi connectivity index (χ3v) is 5.33. The number of nitrogens with one attached hydrogen (secondary N) is 1. The predicted octanol–water partition coefficient (Wildman–Crippen LogP) is 4.08. The molecule has 1 saturated heterocycles. The molecule has 0 radical (unpaired) electrons. The normalized spacial score (nSPS) is 16.8. The smallest absolute Gasteiger partial charge is 0.280 e. The largest absolute Gasteiger partial charge is 0.334 e. The molecule has 1 amide bonds. The molecule has 27 heavy (non-hydrogen) atoms. The van der Waals surface area contributed by atoms with Crippen LogP contribution in [0, 0.1) is 0 Å². The molecule has 0 spiro atoms. The molecule has 1 aromatic heterocycles. The van der Waals surface area contributed by atoms with Gasteiger partial charge in [0.1, 0.15) is 0 Å². The van der Waals surface area contributed by atoms with Crippen molar-refractivity contribution in [2.24, 2.45) is 0 Å². The summed E-state index contributed by atoms with van der Waals surface area (Å²) in [5.74, 6) is -0.345. The van der Waals surface area contributed by atoms with E-state index >= 15 is 0 Å². The van der Waals surface area contributed by atoms with Crippen molar-refractivity contribution in [3.8, 4) is 0 Å². The summed E-state index contributed by atoms with van der Waals surface area (Å²) in [6, 6.07) is 12.6. The van der Waals surface area contributed by atoms with E-state index < -0.39 is 5.56 Å². The van der Waals surface area contributed by atoms with Gasteiger partial charge in [0.15, 0.2) is 5.69 Å². The van der Waals surface area contributed by atoms with E-state index in [1.807, 2.05) is 24.3 Å². The molecule has 1 unspecified atom stereocenters. The summed E-state index contributed by atoms with van der Waals surface area (Å²) >= 11 is 12.1. The first-order valence-electron chi connectivity index (χ1n) is 8.76. The van der Waals surface area contributed by atoms with Crippen LogP contribution in [-0.2, 0) is 6.42 Å². The molecule has 7 heteroatoms. The van der Waals surface area contributed by atoms with Gasteiger partial charge in [-0.1, -0.05) is 35.3 Å². The van der Waals surface area contributed by atoms with Crippen LogP contribution in [0.2, 0.25) is 10.0 Å². The van der Waals surface area contributed by atoms with Crippen LogP contribution in [0.1, 0.15) is 28.9 Å². The lowest BCUT2D eigenvalue weighted by molar-refractivity contribution is 0.0729. The van der Waals surface area contributed by atoms with Crippen molar-refractivity contribution in [3.63, 3.8) is 0 Å². The third kappa shape index (κ3) is 3.70. The highest BCUT2D eigenvalue weighted by Crippen LogP contribution is 2.24. The van der Waals surface area contributed by atoms with Crippen LogP contribution >= 0.6 is 23.2 Å². The fourth-order valence-electron chi connectivity index (χ4n) is 3.59. The summed E-state index contributed by atoms with van der Waals surface area (Å²) in [5, 5.41) is 1.17. The van der Waals surface area contributed by atoms with Crippen molar-refractivity contribution < 1.29 is 4.79 Å². The number of hydrogen-bond acceptors (Lipinski definition) is 3. The first-order chi connectivity index (χ1) is 13.0. The Hall–Kier alpha value is -2.37. The lowest BCUT2D eigenvalue weighted by Crippen LogP contribution is -2.40. The van der Waals surface area contributed by atoms with Gasteiger partial charge in [0, 0.05) is 22.6 Å². The molecule has 1 aliphatic rings. The topological polar surface area (TPSA) is 66.1 Å². The van der Waals surface area contributed by atoms with Gasteiger partial charge in [0.2, 0.25) is 0 Å². The Labute approximate surface area is 165 Å². The molecular formula is C20H17Cl2N3O2. The second kappa shape index (κ2) is 7.33. The van der Waals surface area contributed by atoms with Crippen molar-refractivity contribution in [2.45, 2.75) is 25.3 Å². The van der Waals surface area contributed by atoms with Gasteiger partial charge in [-0.05, 0) is 55.2 Å². The molecule has 5 nitrogen and oxygen atoms in total. The zero-order valence-electron chi connectivity index (χ0n) is 14.4. The van der Waals surface area contributed by atoms with E-state index in [1.54, 1.807) is 23.1 Å². The standard InChI is InChI=1S/C20H17Cl2N3O2/c21-13-4-1-3-12(9-13)10-15-5-2-8-25(15)20(27)18-19(26)24-16-7-6-14(22)11-17(16)23-18/h1,3-4,6-7,9,11,15H,2,5,8,10H2,(H,24,26). The third-order valence-electron chi connectivity index (χ3n) is 4.86. The first-order valence-corrected chi connectivity index (χ1v) is 9.52. The van der Waals surface area contributed by atoms with E-state index in [1.165, 1.54) is 0 Å². The quantitative estimate of drug-likeness (QED) is 0.718. The maximum atomic E-state index is 13.0. The van der Waals surface area contributed by atoms with E-state index in [-0.39, 0.29) is 17.6 Å². The average Bonchev–Trinajstić information content (AvgIpc) is 3.09. The molecule has 1 fully saturated rings. The molecule has 2 heterocycles. The van der Waals surface area contributed by atoms with Crippen molar-refractivity contribution >= 4 is 40.1 Å². The second-order valence-corrected chi connectivity index (χ2v) is 7.58. The number of nitrogens with zero attached hydrogens (tertiary/aromatic N) is 2. The molecule has 138 valence electrons. The number of H-pyrrole nitrogens is 1. The summed E-state index contributed by atoms with van der Waals surface area (Å²) < 4.78 is 0. The highest BCUT2D eigenvalue weighted by atomic mass is 35.5. The van der Waals surface area contributed by atoms with E-state index in [0.717, 1.165) is 18.4 Å². The number of amides is 1. The molecule has 1 N–H and O–H groups in total. The molecule has 3 aromatic rings. The van der Waals surface area contributed by atoms with Crippen LogP contribution in [0.4, 0.5) is 0 Å². The zero-order valence-corrected chi connectivity index (χ0v) is 15.9. The molecule has 1 atom stereocenters. The maximum absolute atomic E-state index is 13.0. The number of likely N-dealkylation sites (tertiary alicyclic amines) is 1. The number of rotatable bonds is 3. The molecule has 0 aliphatic carbocycles. The van der Waals surface area contributed by atoms with Crippen molar-refractivity contribution in [1.29, 1.82) is 0 Å². The lowest BCUT2D eigenvalue weighted by atomic mass is 10.0. The fraction of sp³-hybridized carbons (Fsp3) is 0.250. The van der Waals surface area contributed by atoms with Crippen molar-refractivity contribution in [3.05, 3.63) is 74.1 Å². The van der Waals surface area contributed by atoms with Gasteiger partial charge in [-0.2, -0.15) is 0 Å². The first kappa shape index (κ1) is 18.0. The monoisotopic (exact) mass is 401 g/mol. The summed E-state index contributed by atoms with van der Waals surface area (Å²) in [6.07, 6.45) is 2.48. The van der Waals surface area contributed by atoms with E-state index in [2.05, 4.69) is 9.97 Å². The maximum Gasteiger partial charge on any atom is 0.280 e. The number of carbonyl (C=O) groups excluding carboxylic acids is 1. The molecular weight excluding hydrogens is 385 g/mol. The summed E-state index contributed by atoms with van der Waals surface area (Å²) in [7, 11) is 0. The van der Waals surface area contributed by atoms with Crippen LogP contribution < -0.4 is 5.56 Å². The molecule has 1 aliphatic heterocycles. The van der Waals surface area contributed by atoms with Gasteiger partial charge in [0.05, 0.1) is 11.0 Å². The minimum absolute atomic E-state index is 0.0206. The number of aromatic nitrogens is 2. The Kier molecular flexibility index (Phi) is 4.89. The number of fused-ring (bicyclic) bond motifs is 1. The molecule has 0 bridgehead atoms. The Morgan fingerprint density at radius 3 is 2.81 bits per heavy atom. The SMILES string of the molecule is O=C(c1nc2cc(Cl)ccc2[nH]c1=O)N1CCCC1Cc1cccc(Cl)c1. The van der Waals surface area contributed by atoms with E-state index in [4.69, 9.17) is 23.2 Å². The summed E-state index contributed by atoms with van der Waals surface area (Å²) in [4.78, 5) is 34.2. The molecule has 4 rings (SSSR count). The van der Waals surface area contributed by atoms with E-state index in [9.17, 15) is 9.59 Å². The van der Waals surface area contributed by atoms with Crippen LogP contribution in [-0.4, -0.2) is 33.4 Å². The Bertz CT molecular complexity index is 1080.